The Hall–Kier alpha value is -2.10. The number of H-pyrrole nitrogens is 1. The summed E-state index contributed by atoms with van der Waals surface area (Å²) in [5.41, 5.74) is 0.904. The van der Waals surface area contributed by atoms with Crippen LogP contribution in [0.1, 0.15) is 23.2 Å². The summed E-state index contributed by atoms with van der Waals surface area (Å²) in [6.07, 6.45) is 2.07. The molecule has 0 saturated heterocycles. The molecular weight excluding hydrogens is 216 g/mol. The fourth-order valence-corrected chi connectivity index (χ4v) is 1.88. The molecule has 0 aliphatic heterocycles. The molecule has 17 heavy (non-hydrogen) atoms. The molecule has 0 spiro atoms. The minimum atomic E-state index is -0.246. The lowest BCUT2D eigenvalue weighted by Crippen LogP contribution is -2.27. The number of fused-ring (bicyclic) bond motifs is 1. The molecule has 4 nitrogen and oxygen atoms in total. The first-order valence-electron chi connectivity index (χ1n) is 5.67. The normalized spacial score (nSPS) is 14.8. The van der Waals surface area contributed by atoms with E-state index in [1.165, 1.54) is 6.07 Å². The quantitative estimate of drug-likeness (QED) is 0.816. The van der Waals surface area contributed by atoms with E-state index >= 15 is 0 Å². The maximum Gasteiger partial charge on any atom is 0.252 e. The average Bonchev–Trinajstić information content (AvgIpc) is 3.11. The zero-order chi connectivity index (χ0) is 11.8. The van der Waals surface area contributed by atoms with Gasteiger partial charge in [-0.2, -0.15) is 0 Å². The van der Waals surface area contributed by atoms with Crippen molar-refractivity contribution in [2.45, 2.75) is 18.9 Å². The minimum absolute atomic E-state index is 0.158. The van der Waals surface area contributed by atoms with E-state index in [1.54, 1.807) is 6.07 Å². The van der Waals surface area contributed by atoms with E-state index in [2.05, 4.69) is 10.3 Å². The van der Waals surface area contributed by atoms with Crippen LogP contribution in [0.2, 0.25) is 0 Å². The van der Waals surface area contributed by atoms with Crippen LogP contribution in [0.25, 0.3) is 10.9 Å². The van der Waals surface area contributed by atoms with Gasteiger partial charge in [0.1, 0.15) is 0 Å². The summed E-state index contributed by atoms with van der Waals surface area (Å²) in [6.45, 7) is 0. The van der Waals surface area contributed by atoms with Gasteiger partial charge < -0.3 is 10.3 Å². The molecule has 1 aromatic heterocycles. The molecule has 86 valence electrons. The lowest BCUT2D eigenvalue weighted by Gasteiger charge is -2.06. The fourth-order valence-electron chi connectivity index (χ4n) is 1.88. The number of benzene rings is 1. The van der Waals surface area contributed by atoms with Crippen LogP contribution in [0.5, 0.6) is 0 Å². The third-order valence-electron chi connectivity index (χ3n) is 2.91. The van der Waals surface area contributed by atoms with Crippen molar-refractivity contribution in [3.63, 3.8) is 0 Å². The highest BCUT2D eigenvalue weighted by Gasteiger charge is 2.24. The second-order valence-corrected chi connectivity index (χ2v) is 4.34. The van der Waals surface area contributed by atoms with Crippen LogP contribution in [0.3, 0.4) is 0 Å². The highest BCUT2D eigenvalue weighted by Crippen LogP contribution is 2.20. The maximum atomic E-state index is 12.0. The Morgan fingerprint density at radius 1 is 1.29 bits per heavy atom. The number of rotatable bonds is 2. The van der Waals surface area contributed by atoms with E-state index in [-0.39, 0.29) is 11.5 Å². The van der Waals surface area contributed by atoms with E-state index in [4.69, 9.17) is 0 Å². The first kappa shape index (κ1) is 10.1. The molecule has 1 saturated carbocycles. The first-order chi connectivity index (χ1) is 8.24. The molecule has 3 rings (SSSR count). The maximum absolute atomic E-state index is 12.0. The Morgan fingerprint density at radius 2 is 2.06 bits per heavy atom. The van der Waals surface area contributed by atoms with Crippen LogP contribution in [0.15, 0.2) is 35.1 Å². The summed E-state index contributed by atoms with van der Waals surface area (Å²) in [7, 11) is 0. The van der Waals surface area contributed by atoms with Crippen molar-refractivity contribution in [2.75, 3.05) is 0 Å². The van der Waals surface area contributed by atoms with Crippen LogP contribution < -0.4 is 10.9 Å². The second kappa shape index (κ2) is 3.73. The minimum Gasteiger partial charge on any atom is -0.349 e. The van der Waals surface area contributed by atoms with Crippen LogP contribution in [-0.2, 0) is 0 Å². The Balaban J connectivity index is 2.12. The van der Waals surface area contributed by atoms with Crippen LogP contribution in [0, 0.1) is 0 Å². The lowest BCUT2D eigenvalue weighted by molar-refractivity contribution is 0.0952. The summed E-state index contributed by atoms with van der Waals surface area (Å²) in [6, 6.07) is 8.98. The van der Waals surface area contributed by atoms with E-state index in [9.17, 15) is 9.59 Å². The van der Waals surface area contributed by atoms with Gasteiger partial charge in [0.15, 0.2) is 0 Å². The van der Waals surface area contributed by atoms with Crippen molar-refractivity contribution in [1.82, 2.24) is 10.3 Å². The molecule has 2 aromatic rings. The lowest BCUT2D eigenvalue weighted by atomic mass is 10.1. The van der Waals surface area contributed by atoms with Gasteiger partial charge in [0.25, 0.3) is 5.91 Å². The number of carbonyl (C=O) groups is 1. The molecule has 0 radical (unpaired) electrons. The van der Waals surface area contributed by atoms with Crippen LogP contribution in [-0.4, -0.2) is 16.9 Å². The number of pyridine rings is 1. The molecule has 0 atom stereocenters. The zero-order valence-corrected chi connectivity index (χ0v) is 9.19. The third kappa shape index (κ3) is 1.93. The summed E-state index contributed by atoms with van der Waals surface area (Å²) < 4.78 is 0. The number of aromatic nitrogens is 1. The Bertz CT molecular complexity index is 641. The third-order valence-corrected chi connectivity index (χ3v) is 2.91. The molecule has 4 heteroatoms. The van der Waals surface area contributed by atoms with Gasteiger partial charge in [-0.15, -0.1) is 0 Å². The number of carbonyl (C=O) groups excluding carboxylic acids is 1. The highest BCUT2D eigenvalue weighted by atomic mass is 16.2. The van der Waals surface area contributed by atoms with Gasteiger partial charge in [0.05, 0.1) is 5.56 Å². The highest BCUT2D eigenvalue weighted by molar-refractivity contribution is 6.06. The van der Waals surface area contributed by atoms with Gasteiger partial charge in [-0.3, -0.25) is 9.59 Å². The molecular formula is C13H12N2O2. The standard InChI is InChI=1S/C13H12N2O2/c16-12-7-10(13(17)14-8-5-6-8)9-3-1-2-4-11(9)15-12/h1-4,7-8H,5-6H2,(H,14,17)(H,15,16). The summed E-state index contributed by atoms with van der Waals surface area (Å²) in [4.78, 5) is 26.2. The van der Waals surface area contributed by atoms with Crippen molar-refractivity contribution >= 4 is 16.8 Å². The van der Waals surface area contributed by atoms with Gasteiger partial charge in [-0.25, -0.2) is 0 Å². The molecule has 1 fully saturated rings. The van der Waals surface area contributed by atoms with Crippen LogP contribution in [0.4, 0.5) is 0 Å². The van der Waals surface area contributed by atoms with Crippen LogP contribution >= 0.6 is 0 Å². The number of aromatic amines is 1. The number of hydrogen-bond acceptors (Lipinski definition) is 2. The van der Waals surface area contributed by atoms with Crippen molar-refractivity contribution in [3.8, 4) is 0 Å². The molecule has 0 unspecified atom stereocenters. The molecule has 0 bridgehead atoms. The van der Waals surface area contributed by atoms with Crippen molar-refractivity contribution in [3.05, 3.63) is 46.2 Å². The molecule has 1 aromatic carbocycles. The van der Waals surface area contributed by atoms with Crippen molar-refractivity contribution in [1.29, 1.82) is 0 Å². The fraction of sp³-hybridized carbons (Fsp3) is 0.231. The van der Waals surface area contributed by atoms with Gasteiger partial charge in [-0.1, -0.05) is 18.2 Å². The van der Waals surface area contributed by atoms with E-state index in [1.807, 2.05) is 18.2 Å². The predicted molar refractivity (Wildman–Crippen MR) is 65.1 cm³/mol. The number of nitrogens with one attached hydrogen (secondary N) is 2. The molecule has 1 heterocycles. The predicted octanol–water partition coefficient (Wildman–Crippen LogP) is 1.42. The summed E-state index contributed by atoms with van der Waals surface area (Å²) in [5, 5.41) is 3.68. The topological polar surface area (TPSA) is 62.0 Å². The molecule has 1 amide bonds. The Kier molecular flexibility index (Phi) is 2.21. The summed E-state index contributed by atoms with van der Waals surface area (Å²) >= 11 is 0. The van der Waals surface area contributed by atoms with Crippen molar-refractivity contribution in [2.24, 2.45) is 0 Å². The van der Waals surface area contributed by atoms with Gasteiger partial charge >= 0.3 is 0 Å². The zero-order valence-electron chi connectivity index (χ0n) is 9.19. The van der Waals surface area contributed by atoms with Gasteiger partial charge in [0, 0.05) is 23.0 Å². The first-order valence-corrected chi connectivity index (χ1v) is 5.67. The average molecular weight is 228 g/mol. The summed E-state index contributed by atoms with van der Waals surface area (Å²) in [5.74, 6) is -0.158. The van der Waals surface area contributed by atoms with Crippen molar-refractivity contribution < 1.29 is 4.79 Å². The second-order valence-electron chi connectivity index (χ2n) is 4.34. The number of hydrogen-bond donors (Lipinski definition) is 2. The Labute approximate surface area is 97.7 Å². The SMILES string of the molecule is O=C(NC1CC1)c1cc(=O)[nH]c2ccccc12. The number of para-hydroxylation sites is 1. The molecule has 1 aliphatic carbocycles. The smallest absolute Gasteiger partial charge is 0.252 e. The van der Waals surface area contributed by atoms with E-state index in [0.717, 1.165) is 18.2 Å². The number of amides is 1. The molecule has 2 N–H and O–H groups in total. The van der Waals surface area contributed by atoms with E-state index in [0.29, 0.717) is 17.1 Å². The largest absolute Gasteiger partial charge is 0.349 e. The monoisotopic (exact) mass is 228 g/mol. The Morgan fingerprint density at radius 3 is 2.82 bits per heavy atom. The van der Waals surface area contributed by atoms with E-state index < -0.39 is 0 Å². The van der Waals surface area contributed by atoms with Gasteiger partial charge in [-0.05, 0) is 18.9 Å². The van der Waals surface area contributed by atoms with Gasteiger partial charge in [0.2, 0.25) is 5.56 Å². The molecule has 1 aliphatic rings.